The van der Waals surface area contributed by atoms with Crippen LogP contribution in [-0.4, -0.2) is 4.57 Å². The van der Waals surface area contributed by atoms with Gasteiger partial charge in [-0.05, 0) is 72.3 Å². The maximum Gasteiger partial charge on any atom is 0.0562 e. The van der Waals surface area contributed by atoms with Crippen LogP contribution < -0.4 is 4.90 Å². The van der Waals surface area contributed by atoms with Crippen LogP contribution >= 0.6 is 27.3 Å². The molecule has 9 rings (SSSR count). The average molecular weight is 672 g/mol. The van der Waals surface area contributed by atoms with Crippen LogP contribution in [0.1, 0.15) is 0 Å². The number of nitrogens with zero attached hydrogens (tertiary/aromatic N) is 2. The zero-order chi connectivity index (χ0) is 30.6. The summed E-state index contributed by atoms with van der Waals surface area (Å²) in [5.74, 6) is 0. The molecule has 9 aromatic rings. The number of fused-ring (bicyclic) bond motifs is 7. The minimum absolute atomic E-state index is 1.07. The van der Waals surface area contributed by atoms with Crippen molar-refractivity contribution < 1.29 is 0 Å². The minimum Gasteiger partial charge on any atom is -0.310 e. The van der Waals surface area contributed by atoms with Crippen molar-refractivity contribution in [3.8, 4) is 16.8 Å². The van der Waals surface area contributed by atoms with Crippen LogP contribution in [0.4, 0.5) is 17.1 Å². The van der Waals surface area contributed by atoms with E-state index in [-0.39, 0.29) is 0 Å². The molecular formula is C42H27BrN2S. The van der Waals surface area contributed by atoms with Crippen LogP contribution in [0.3, 0.4) is 0 Å². The van der Waals surface area contributed by atoms with Gasteiger partial charge in [-0.3, -0.25) is 0 Å². The second kappa shape index (κ2) is 11.0. The van der Waals surface area contributed by atoms with Gasteiger partial charge in [0.1, 0.15) is 0 Å². The van der Waals surface area contributed by atoms with E-state index >= 15 is 0 Å². The second-order valence-corrected chi connectivity index (χ2v) is 13.5. The molecule has 0 atom stereocenters. The monoisotopic (exact) mass is 670 g/mol. The third-order valence-corrected chi connectivity index (χ3v) is 10.6. The quantitative estimate of drug-likeness (QED) is 0.177. The summed E-state index contributed by atoms with van der Waals surface area (Å²) < 4.78 is 6.16. The zero-order valence-corrected chi connectivity index (χ0v) is 27.2. The number of halogens is 1. The number of benzene rings is 7. The largest absolute Gasteiger partial charge is 0.310 e. The molecular weight excluding hydrogens is 644 g/mol. The number of thiophene rings is 1. The molecule has 46 heavy (non-hydrogen) atoms. The lowest BCUT2D eigenvalue weighted by molar-refractivity contribution is 1.18. The van der Waals surface area contributed by atoms with Crippen molar-refractivity contribution in [1.29, 1.82) is 0 Å². The van der Waals surface area contributed by atoms with Crippen molar-refractivity contribution in [2.45, 2.75) is 0 Å². The fourth-order valence-electron chi connectivity index (χ4n) is 6.81. The first kappa shape index (κ1) is 27.2. The Kier molecular flexibility index (Phi) is 6.51. The zero-order valence-electron chi connectivity index (χ0n) is 24.8. The standard InChI is InChI=1S/C42H27BrN2S/c43-29-21-19-28(20-22-29)33-15-7-9-17-37(33)44(30-11-3-1-4-12-30)32-23-24-36-39(27-32)45(31-13-5-2-6-14-31)38-26-25-35-34-16-8-10-18-40(34)46-42(35)41(36)38/h1-27H. The molecule has 0 aliphatic rings. The van der Waals surface area contributed by atoms with Crippen molar-refractivity contribution >= 4 is 86.3 Å². The third kappa shape index (κ3) is 4.37. The molecule has 0 aliphatic carbocycles. The molecule has 2 heterocycles. The van der Waals surface area contributed by atoms with Crippen LogP contribution in [0.2, 0.25) is 0 Å². The highest BCUT2D eigenvalue weighted by Gasteiger charge is 2.21. The summed E-state index contributed by atoms with van der Waals surface area (Å²) in [6.45, 7) is 0. The molecule has 4 heteroatoms. The van der Waals surface area contributed by atoms with Crippen LogP contribution in [-0.2, 0) is 0 Å². The summed E-state index contributed by atoms with van der Waals surface area (Å²) in [7, 11) is 0. The van der Waals surface area contributed by atoms with Crippen molar-refractivity contribution in [3.05, 3.63) is 168 Å². The number of rotatable bonds is 5. The summed E-state index contributed by atoms with van der Waals surface area (Å²) >= 11 is 5.51. The van der Waals surface area contributed by atoms with Gasteiger partial charge in [-0.2, -0.15) is 0 Å². The minimum atomic E-state index is 1.07. The molecule has 0 spiro atoms. The molecule has 0 amide bonds. The predicted octanol–water partition coefficient (Wildman–Crippen LogP) is 13.1. The third-order valence-electron chi connectivity index (χ3n) is 8.84. The molecule has 0 radical (unpaired) electrons. The summed E-state index contributed by atoms with van der Waals surface area (Å²) in [5.41, 5.74) is 9.26. The van der Waals surface area contributed by atoms with Gasteiger partial charge in [0.05, 0.1) is 16.7 Å². The van der Waals surface area contributed by atoms with E-state index in [0.717, 1.165) is 27.2 Å². The summed E-state index contributed by atoms with van der Waals surface area (Å²) in [6.07, 6.45) is 0. The first-order valence-electron chi connectivity index (χ1n) is 15.4. The molecule has 218 valence electrons. The highest BCUT2D eigenvalue weighted by Crippen LogP contribution is 2.46. The molecule has 2 nitrogen and oxygen atoms in total. The maximum absolute atomic E-state index is 3.62. The van der Waals surface area contributed by atoms with Crippen LogP contribution in [0.15, 0.2) is 168 Å². The predicted molar refractivity (Wildman–Crippen MR) is 201 cm³/mol. The van der Waals surface area contributed by atoms with E-state index in [0.29, 0.717) is 0 Å². The lowest BCUT2D eigenvalue weighted by Gasteiger charge is -2.28. The molecule has 0 saturated carbocycles. The lowest BCUT2D eigenvalue weighted by Crippen LogP contribution is -2.11. The van der Waals surface area contributed by atoms with Crippen molar-refractivity contribution in [2.24, 2.45) is 0 Å². The SMILES string of the molecule is Brc1ccc(-c2ccccc2N(c2ccccc2)c2ccc3c4c5sc6ccccc6c5ccc4n(-c4ccccc4)c3c2)cc1. The first-order chi connectivity index (χ1) is 22.7. The van der Waals surface area contributed by atoms with Gasteiger partial charge in [0.15, 0.2) is 0 Å². The van der Waals surface area contributed by atoms with Gasteiger partial charge in [0.25, 0.3) is 0 Å². The Labute approximate surface area is 279 Å². The fourth-order valence-corrected chi connectivity index (χ4v) is 8.34. The molecule has 0 aliphatic heterocycles. The number of hydrogen-bond donors (Lipinski definition) is 0. The van der Waals surface area contributed by atoms with Crippen LogP contribution in [0.25, 0.3) is 58.8 Å². The van der Waals surface area contributed by atoms with E-state index in [1.165, 1.54) is 53.1 Å². The van der Waals surface area contributed by atoms with Crippen molar-refractivity contribution in [1.82, 2.24) is 4.57 Å². The van der Waals surface area contributed by atoms with Gasteiger partial charge in [0.2, 0.25) is 0 Å². The second-order valence-electron chi connectivity index (χ2n) is 11.5. The van der Waals surface area contributed by atoms with Crippen molar-refractivity contribution in [2.75, 3.05) is 4.90 Å². The van der Waals surface area contributed by atoms with Crippen LogP contribution in [0.5, 0.6) is 0 Å². The van der Waals surface area contributed by atoms with E-state index in [9.17, 15) is 0 Å². The van der Waals surface area contributed by atoms with Gasteiger partial charge >= 0.3 is 0 Å². The van der Waals surface area contributed by atoms with Gasteiger partial charge in [0, 0.05) is 58.0 Å². The Morgan fingerprint density at radius 1 is 0.522 bits per heavy atom. The smallest absolute Gasteiger partial charge is 0.0562 e. The molecule has 0 N–H and O–H groups in total. The highest BCUT2D eigenvalue weighted by atomic mass is 79.9. The molecule has 0 fully saturated rings. The normalized spacial score (nSPS) is 11.6. The van der Waals surface area contributed by atoms with E-state index in [1.807, 2.05) is 11.3 Å². The average Bonchev–Trinajstić information content (AvgIpc) is 3.65. The molecule has 2 aromatic heterocycles. The van der Waals surface area contributed by atoms with Crippen molar-refractivity contribution in [3.63, 3.8) is 0 Å². The Hall–Kier alpha value is -5.16. The van der Waals surface area contributed by atoms with E-state index < -0.39 is 0 Å². The fraction of sp³-hybridized carbons (Fsp3) is 0. The Morgan fingerprint density at radius 3 is 2.04 bits per heavy atom. The Morgan fingerprint density at radius 2 is 1.22 bits per heavy atom. The van der Waals surface area contributed by atoms with E-state index in [1.54, 1.807) is 0 Å². The van der Waals surface area contributed by atoms with E-state index in [4.69, 9.17) is 0 Å². The number of hydrogen-bond acceptors (Lipinski definition) is 2. The lowest BCUT2D eigenvalue weighted by atomic mass is 10.0. The summed E-state index contributed by atoms with van der Waals surface area (Å²) in [4.78, 5) is 2.39. The molecule has 0 unspecified atom stereocenters. The summed E-state index contributed by atoms with van der Waals surface area (Å²) in [5, 5.41) is 5.21. The number of anilines is 3. The first-order valence-corrected chi connectivity index (χ1v) is 17.0. The van der Waals surface area contributed by atoms with Gasteiger partial charge in [-0.15, -0.1) is 11.3 Å². The van der Waals surface area contributed by atoms with Gasteiger partial charge in [-0.1, -0.05) is 113 Å². The topological polar surface area (TPSA) is 8.17 Å². The maximum atomic E-state index is 3.62. The molecule has 0 saturated heterocycles. The van der Waals surface area contributed by atoms with Gasteiger partial charge in [-0.25, -0.2) is 0 Å². The Bertz CT molecular complexity index is 2530. The van der Waals surface area contributed by atoms with Crippen LogP contribution in [0, 0.1) is 0 Å². The molecule has 7 aromatic carbocycles. The highest BCUT2D eigenvalue weighted by molar-refractivity contribution is 9.10. The molecule has 0 bridgehead atoms. The number of para-hydroxylation sites is 3. The van der Waals surface area contributed by atoms with Gasteiger partial charge < -0.3 is 9.47 Å². The summed E-state index contributed by atoms with van der Waals surface area (Å²) in [6, 6.07) is 59.1. The van der Waals surface area contributed by atoms with E-state index in [2.05, 4.69) is 189 Å². The Balaban J connectivity index is 1.35. The number of aromatic nitrogens is 1.